The zero-order chi connectivity index (χ0) is 11.1. The minimum atomic E-state index is -0.556. The Labute approximate surface area is 97.2 Å². The fourth-order valence-electron chi connectivity index (χ4n) is 1.60. The molecule has 0 atom stereocenters. The fourth-order valence-corrected chi connectivity index (χ4v) is 2.72. The van der Waals surface area contributed by atoms with Gasteiger partial charge in [-0.05, 0) is 13.8 Å². The van der Waals surface area contributed by atoms with E-state index in [0.717, 1.165) is 11.7 Å². The molecule has 0 aliphatic carbocycles. The molecule has 1 aromatic rings. The Morgan fingerprint density at radius 2 is 2.40 bits per heavy atom. The van der Waals surface area contributed by atoms with Gasteiger partial charge in [0, 0.05) is 18.5 Å². The molecular formula is C9H12ClN3OS. The summed E-state index contributed by atoms with van der Waals surface area (Å²) in [6.07, 6.45) is 0. The number of nitrogens with one attached hydrogen (secondary N) is 1. The SMILES string of the molecule is CC1(C)C(=O)NCCN1c1nc(Cl)cs1. The summed E-state index contributed by atoms with van der Waals surface area (Å²) in [6, 6.07) is 0. The monoisotopic (exact) mass is 245 g/mol. The Morgan fingerprint density at radius 1 is 1.67 bits per heavy atom. The highest BCUT2D eigenvalue weighted by Gasteiger charge is 2.38. The van der Waals surface area contributed by atoms with Crippen molar-refractivity contribution in [1.82, 2.24) is 10.3 Å². The van der Waals surface area contributed by atoms with Crippen LogP contribution in [0, 0.1) is 0 Å². The lowest BCUT2D eigenvalue weighted by molar-refractivity contribution is -0.126. The molecule has 0 bridgehead atoms. The van der Waals surface area contributed by atoms with Gasteiger partial charge in [-0.2, -0.15) is 0 Å². The first-order valence-electron chi connectivity index (χ1n) is 4.69. The number of hydrogen-bond donors (Lipinski definition) is 1. The molecule has 0 aromatic carbocycles. The third-order valence-electron chi connectivity index (χ3n) is 2.55. The minimum absolute atomic E-state index is 0.0278. The number of carbonyl (C=O) groups excluding carboxylic acids is 1. The van der Waals surface area contributed by atoms with Crippen LogP contribution in [0.25, 0.3) is 0 Å². The van der Waals surface area contributed by atoms with Crippen LogP contribution in [0.1, 0.15) is 13.8 Å². The molecule has 1 amide bonds. The molecule has 1 saturated heterocycles. The zero-order valence-corrected chi connectivity index (χ0v) is 10.2. The Kier molecular flexibility index (Phi) is 2.60. The summed E-state index contributed by atoms with van der Waals surface area (Å²) >= 11 is 7.24. The van der Waals surface area contributed by atoms with Crippen molar-refractivity contribution in [3.63, 3.8) is 0 Å². The van der Waals surface area contributed by atoms with E-state index < -0.39 is 5.54 Å². The number of carbonyl (C=O) groups is 1. The molecule has 15 heavy (non-hydrogen) atoms. The average molecular weight is 246 g/mol. The highest BCUT2D eigenvalue weighted by atomic mass is 35.5. The third-order valence-corrected chi connectivity index (χ3v) is 3.73. The van der Waals surface area contributed by atoms with E-state index in [1.54, 1.807) is 5.38 Å². The second-order valence-electron chi connectivity index (χ2n) is 3.92. The van der Waals surface area contributed by atoms with Gasteiger partial charge < -0.3 is 10.2 Å². The summed E-state index contributed by atoms with van der Waals surface area (Å²) in [5.74, 6) is 0.0278. The van der Waals surface area contributed by atoms with Crippen LogP contribution >= 0.6 is 22.9 Å². The van der Waals surface area contributed by atoms with Crippen molar-refractivity contribution in [2.24, 2.45) is 0 Å². The van der Waals surface area contributed by atoms with Crippen LogP contribution < -0.4 is 10.2 Å². The van der Waals surface area contributed by atoms with Gasteiger partial charge in [0.25, 0.3) is 0 Å². The number of piperazine rings is 1. The summed E-state index contributed by atoms with van der Waals surface area (Å²) in [7, 11) is 0. The van der Waals surface area contributed by atoms with Crippen molar-refractivity contribution in [3.8, 4) is 0 Å². The molecule has 1 N–H and O–H groups in total. The van der Waals surface area contributed by atoms with Crippen molar-refractivity contribution in [1.29, 1.82) is 0 Å². The first kappa shape index (κ1) is 10.7. The number of anilines is 1. The molecule has 0 unspecified atom stereocenters. The first-order chi connectivity index (χ1) is 7.01. The van der Waals surface area contributed by atoms with Gasteiger partial charge in [-0.15, -0.1) is 11.3 Å². The largest absolute Gasteiger partial charge is 0.352 e. The normalized spacial score (nSPS) is 20.2. The quantitative estimate of drug-likeness (QED) is 0.816. The van der Waals surface area contributed by atoms with Crippen LogP contribution in [0.2, 0.25) is 5.15 Å². The predicted molar refractivity (Wildman–Crippen MR) is 61.6 cm³/mol. The van der Waals surface area contributed by atoms with Crippen LogP contribution in [0.3, 0.4) is 0 Å². The molecule has 0 spiro atoms. The standard InChI is InChI=1S/C9H12ClN3OS/c1-9(2)7(14)11-3-4-13(9)8-12-6(10)5-15-8/h5H,3-4H2,1-2H3,(H,11,14). The van der Waals surface area contributed by atoms with E-state index in [1.807, 2.05) is 18.7 Å². The van der Waals surface area contributed by atoms with E-state index in [2.05, 4.69) is 10.3 Å². The Morgan fingerprint density at radius 3 is 3.00 bits per heavy atom. The summed E-state index contributed by atoms with van der Waals surface area (Å²) in [6.45, 7) is 5.19. The molecule has 4 nitrogen and oxygen atoms in total. The molecule has 82 valence electrons. The van der Waals surface area contributed by atoms with Crippen LogP contribution in [0.15, 0.2) is 5.38 Å². The van der Waals surface area contributed by atoms with Crippen molar-refractivity contribution in [2.45, 2.75) is 19.4 Å². The molecule has 1 fully saturated rings. The van der Waals surface area contributed by atoms with Gasteiger partial charge in [-0.3, -0.25) is 4.79 Å². The summed E-state index contributed by atoms with van der Waals surface area (Å²) in [4.78, 5) is 17.9. The molecule has 6 heteroatoms. The Hall–Kier alpha value is -0.810. The molecular weight excluding hydrogens is 234 g/mol. The fraction of sp³-hybridized carbons (Fsp3) is 0.556. The van der Waals surface area contributed by atoms with Gasteiger partial charge in [-0.1, -0.05) is 11.6 Å². The van der Waals surface area contributed by atoms with Crippen LogP contribution in [0.5, 0.6) is 0 Å². The maximum Gasteiger partial charge on any atom is 0.245 e. The number of halogens is 1. The Bertz CT molecular complexity index is 390. The third kappa shape index (κ3) is 1.81. The van der Waals surface area contributed by atoms with Crippen LogP contribution in [-0.4, -0.2) is 29.5 Å². The van der Waals surface area contributed by atoms with E-state index in [-0.39, 0.29) is 5.91 Å². The lowest BCUT2D eigenvalue weighted by Gasteiger charge is -2.40. The molecule has 2 rings (SSSR count). The number of amides is 1. The second-order valence-corrected chi connectivity index (χ2v) is 5.14. The number of aromatic nitrogens is 1. The minimum Gasteiger partial charge on any atom is -0.352 e. The van der Waals surface area contributed by atoms with Crippen molar-refractivity contribution < 1.29 is 4.79 Å². The predicted octanol–water partition coefficient (Wildman–Crippen LogP) is 1.51. The molecule has 1 aliphatic rings. The van der Waals surface area contributed by atoms with E-state index in [9.17, 15) is 4.79 Å². The van der Waals surface area contributed by atoms with Crippen molar-refractivity contribution >= 4 is 34.0 Å². The first-order valence-corrected chi connectivity index (χ1v) is 5.94. The summed E-state index contributed by atoms with van der Waals surface area (Å²) < 4.78 is 0. The maximum atomic E-state index is 11.7. The highest BCUT2D eigenvalue weighted by Crippen LogP contribution is 2.30. The van der Waals surface area contributed by atoms with Gasteiger partial charge in [0.15, 0.2) is 5.13 Å². The van der Waals surface area contributed by atoms with E-state index in [0.29, 0.717) is 11.7 Å². The van der Waals surface area contributed by atoms with Gasteiger partial charge in [-0.25, -0.2) is 4.98 Å². The molecule has 2 heterocycles. The highest BCUT2D eigenvalue weighted by molar-refractivity contribution is 7.14. The number of nitrogens with zero attached hydrogens (tertiary/aromatic N) is 2. The Balaban J connectivity index is 2.31. The van der Waals surface area contributed by atoms with E-state index in [1.165, 1.54) is 11.3 Å². The average Bonchev–Trinajstić information content (AvgIpc) is 2.56. The second kappa shape index (κ2) is 3.64. The molecule has 0 saturated carbocycles. The summed E-state index contributed by atoms with van der Waals surface area (Å²) in [5.41, 5.74) is -0.556. The van der Waals surface area contributed by atoms with E-state index in [4.69, 9.17) is 11.6 Å². The van der Waals surface area contributed by atoms with Crippen molar-refractivity contribution in [2.75, 3.05) is 18.0 Å². The summed E-state index contributed by atoms with van der Waals surface area (Å²) in [5, 5.41) is 5.91. The number of hydrogen-bond acceptors (Lipinski definition) is 4. The topological polar surface area (TPSA) is 45.2 Å². The lowest BCUT2D eigenvalue weighted by Crippen LogP contribution is -2.62. The molecule has 0 radical (unpaired) electrons. The molecule has 1 aliphatic heterocycles. The van der Waals surface area contributed by atoms with E-state index >= 15 is 0 Å². The molecule has 1 aromatic heterocycles. The van der Waals surface area contributed by atoms with Crippen molar-refractivity contribution in [3.05, 3.63) is 10.5 Å². The van der Waals surface area contributed by atoms with Gasteiger partial charge in [0.2, 0.25) is 5.91 Å². The number of rotatable bonds is 1. The van der Waals surface area contributed by atoms with Gasteiger partial charge in [0.1, 0.15) is 10.7 Å². The van der Waals surface area contributed by atoms with Gasteiger partial charge in [0.05, 0.1) is 0 Å². The van der Waals surface area contributed by atoms with Gasteiger partial charge >= 0.3 is 0 Å². The maximum absolute atomic E-state index is 11.7. The van der Waals surface area contributed by atoms with Crippen LogP contribution in [0.4, 0.5) is 5.13 Å². The zero-order valence-electron chi connectivity index (χ0n) is 8.58. The smallest absolute Gasteiger partial charge is 0.245 e. The number of thiazole rings is 1. The van der Waals surface area contributed by atoms with Crippen LogP contribution in [-0.2, 0) is 4.79 Å². The lowest BCUT2D eigenvalue weighted by atomic mass is 10.00.